The summed E-state index contributed by atoms with van der Waals surface area (Å²) in [4.78, 5) is 0. The molecule has 1 unspecified atom stereocenters. The van der Waals surface area contributed by atoms with E-state index in [1.165, 1.54) is 13.4 Å². The Balaban J connectivity index is 2.13. The number of ether oxygens (including phenoxy) is 1. The smallest absolute Gasteiger partial charge is 0.143 e. The third-order valence-electron chi connectivity index (χ3n) is 2.71. The Morgan fingerprint density at radius 1 is 1.42 bits per heavy atom. The van der Waals surface area contributed by atoms with Gasteiger partial charge in [-0.15, -0.1) is 0 Å². The number of benzene rings is 1. The molecule has 1 aromatic heterocycles. The summed E-state index contributed by atoms with van der Waals surface area (Å²) in [5, 5.41) is 22.0. The summed E-state index contributed by atoms with van der Waals surface area (Å²) in [6.45, 7) is 0.225. The Labute approximate surface area is 111 Å². The fourth-order valence-electron chi connectivity index (χ4n) is 1.76. The van der Waals surface area contributed by atoms with Gasteiger partial charge in [-0.25, -0.2) is 0 Å². The first-order valence-electron chi connectivity index (χ1n) is 5.78. The Bertz CT molecular complexity index is 573. The molecule has 2 aromatic rings. The number of nitriles is 1. The van der Waals surface area contributed by atoms with Crippen LogP contribution in [0.15, 0.2) is 41.0 Å². The number of aliphatic hydroxyl groups is 1. The highest BCUT2D eigenvalue weighted by Crippen LogP contribution is 2.28. The Hall–Kier alpha value is -2.45. The van der Waals surface area contributed by atoms with Crippen molar-refractivity contribution in [2.45, 2.75) is 6.10 Å². The zero-order valence-electron chi connectivity index (χ0n) is 10.5. The molecule has 2 rings (SSSR count). The number of methoxy groups -OCH3 is 1. The van der Waals surface area contributed by atoms with Gasteiger partial charge in [0.1, 0.15) is 23.7 Å². The molecule has 0 amide bonds. The van der Waals surface area contributed by atoms with Gasteiger partial charge in [0.05, 0.1) is 24.6 Å². The van der Waals surface area contributed by atoms with E-state index in [9.17, 15) is 5.11 Å². The third kappa shape index (κ3) is 2.87. The van der Waals surface area contributed by atoms with Crippen LogP contribution in [0.4, 0.5) is 5.69 Å². The van der Waals surface area contributed by atoms with Gasteiger partial charge in [-0.1, -0.05) is 6.07 Å². The summed E-state index contributed by atoms with van der Waals surface area (Å²) >= 11 is 0. The normalized spacial score (nSPS) is 11.6. The van der Waals surface area contributed by atoms with Crippen LogP contribution in [0.2, 0.25) is 0 Å². The quantitative estimate of drug-likeness (QED) is 0.860. The molecule has 0 spiro atoms. The van der Waals surface area contributed by atoms with Gasteiger partial charge in [-0.3, -0.25) is 0 Å². The van der Waals surface area contributed by atoms with Crippen molar-refractivity contribution in [3.05, 3.63) is 47.9 Å². The monoisotopic (exact) mass is 258 g/mol. The predicted octanol–water partition coefficient (Wildman–Crippen LogP) is 2.31. The Kier molecular flexibility index (Phi) is 4.06. The van der Waals surface area contributed by atoms with Gasteiger partial charge >= 0.3 is 0 Å². The van der Waals surface area contributed by atoms with E-state index in [1.54, 1.807) is 30.3 Å². The van der Waals surface area contributed by atoms with Crippen molar-refractivity contribution in [2.24, 2.45) is 0 Å². The average Bonchev–Trinajstić information content (AvgIpc) is 2.98. The van der Waals surface area contributed by atoms with Gasteiger partial charge in [0.2, 0.25) is 0 Å². The summed E-state index contributed by atoms with van der Waals surface area (Å²) in [7, 11) is 1.53. The molecule has 98 valence electrons. The molecule has 0 aliphatic rings. The maximum Gasteiger partial charge on any atom is 0.143 e. The van der Waals surface area contributed by atoms with Gasteiger partial charge in [-0.05, 0) is 24.3 Å². The summed E-state index contributed by atoms with van der Waals surface area (Å²) in [5.74, 6) is 1.03. The number of para-hydroxylation sites is 1. The van der Waals surface area contributed by atoms with Crippen molar-refractivity contribution in [2.75, 3.05) is 19.0 Å². The van der Waals surface area contributed by atoms with Crippen LogP contribution in [0.3, 0.4) is 0 Å². The molecule has 1 atom stereocenters. The van der Waals surface area contributed by atoms with Crippen LogP contribution in [0.25, 0.3) is 0 Å². The Morgan fingerprint density at radius 3 is 2.89 bits per heavy atom. The number of aliphatic hydroxyl groups excluding tert-OH is 1. The van der Waals surface area contributed by atoms with Gasteiger partial charge in [0.25, 0.3) is 0 Å². The van der Waals surface area contributed by atoms with E-state index in [0.29, 0.717) is 22.8 Å². The van der Waals surface area contributed by atoms with E-state index >= 15 is 0 Å². The molecule has 5 nitrogen and oxygen atoms in total. The second-order valence-electron chi connectivity index (χ2n) is 3.91. The molecule has 0 aliphatic heterocycles. The van der Waals surface area contributed by atoms with Crippen LogP contribution in [-0.2, 0) is 0 Å². The third-order valence-corrected chi connectivity index (χ3v) is 2.71. The number of furan rings is 1. The Morgan fingerprint density at radius 2 is 2.26 bits per heavy atom. The lowest BCUT2D eigenvalue weighted by molar-refractivity contribution is 0.162. The predicted molar refractivity (Wildman–Crippen MR) is 69.9 cm³/mol. The summed E-state index contributed by atoms with van der Waals surface area (Å²) in [5.41, 5.74) is 1.03. The molecule has 5 heteroatoms. The van der Waals surface area contributed by atoms with Crippen molar-refractivity contribution in [1.82, 2.24) is 0 Å². The lowest BCUT2D eigenvalue weighted by atomic mass is 10.1. The van der Waals surface area contributed by atoms with Gasteiger partial charge in [0.15, 0.2) is 0 Å². The molecule has 1 aromatic carbocycles. The average molecular weight is 258 g/mol. The number of nitrogens with one attached hydrogen (secondary N) is 1. The molecule has 0 aliphatic carbocycles. The number of hydrogen-bond donors (Lipinski definition) is 2. The van der Waals surface area contributed by atoms with E-state index in [-0.39, 0.29) is 6.54 Å². The van der Waals surface area contributed by atoms with Crippen LogP contribution < -0.4 is 10.1 Å². The zero-order valence-corrected chi connectivity index (χ0v) is 10.5. The summed E-state index contributed by atoms with van der Waals surface area (Å²) < 4.78 is 10.3. The van der Waals surface area contributed by atoms with E-state index in [1.807, 2.05) is 0 Å². The van der Waals surface area contributed by atoms with Crippen LogP contribution in [0.1, 0.15) is 17.4 Å². The first kappa shape index (κ1) is 13.0. The van der Waals surface area contributed by atoms with E-state index < -0.39 is 6.10 Å². The van der Waals surface area contributed by atoms with Gasteiger partial charge in [0, 0.05) is 6.54 Å². The van der Waals surface area contributed by atoms with Crippen LogP contribution >= 0.6 is 0 Å². The fraction of sp³-hybridized carbons (Fsp3) is 0.214. The largest absolute Gasteiger partial charge is 0.495 e. The highest BCUT2D eigenvalue weighted by atomic mass is 16.5. The molecule has 0 saturated carbocycles. The summed E-state index contributed by atoms with van der Waals surface area (Å²) in [6.07, 6.45) is 0.717. The fourth-order valence-corrected chi connectivity index (χ4v) is 1.76. The zero-order chi connectivity index (χ0) is 13.7. The molecule has 0 radical (unpaired) electrons. The second-order valence-corrected chi connectivity index (χ2v) is 3.91. The lowest BCUT2D eigenvalue weighted by Gasteiger charge is -2.14. The van der Waals surface area contributed by atoms with Gasteiger partial charge < -0.3 is 19.6 Å². The standard InChI is InChI=1S/C14H14N2O3/c1-18-13-5-2-4-10(8-15)14(13)16-9-11(17)12-6-3-7-19-12/h2-7,11,16-17H,9H2,1H3. The number of anilines is 1. The molecular formula is C14H14N2O3. The summed E-state index contributed by atoms with van der Waals surface area (Å²) in [6, 6.07) is 10.7. The van der Waals surface area contributed by atoms with Crippen molar-refractivity contribution in [1.29, 1.82) is 5.26 Å². The van der Waals surface area contributed by atoms with Crippen molar-refractivity contribution < 1.29 is 14.3 Å². The van der Waals surface area contributed by atoms with E-state index in [0.717, 1.165) is 0 Å². The highest BCUT2D eigenvalue weighted by Gasteiger charge is 2.13. The highest BCUT2D eigenvalue weighted by molar-refractivity contribution is 5.66. The van der Waals surface area contributed by atoms with Crippen molar-refractivity contribution >= 4 is 5.69 Å². The molecule has 0 fully saturated rings. The minimum Gasteiger partial charge on any atom is -0.495 e. The first-order valence-corrected chi connectivity index (χ1v) is 5.78. The van der Waals surface area contributed by atoms with Gasteiger partial charge in [-0.2, -0.15) is 5.26 Å². The molecular weight excluding hydrogens is 244 g/mol. The molecule has 0 saturated heterocycles. The molecule has 1 heterocycles. The molecule has 2 N–H and O–H groups in total. The van der Waals surface area contributed by atoms with Crippen LogP contribution in [-0.4, -0.2) is 18.8 Å². The molecule has 0 bridgehead atoms. The van der Waals surface area contributed by atoms with Crippen LogP contribution in [0.5, 0.6) is 5.75 Å². The maximum absolute atomic E-state index is 9.92. The minimum absolute atomic E-state index is 0.225. The number of rotatable bonds is 5. The second kappa shape index (κ2) is 5.94. The molecule has 19 heavy (non-hydrogen) atoms. The number of hydrogen-bond acceptors (Lipinski definition) is 5. The topological polar surface area (TPSA) is 78.4 Å². The van der Waals surface area contributed by atoms with Crippen molar-refractivity contribution in [3.63, 3.8) is 0 Å². The lowest BCUT2D eigenvalue weighted by Crippen LogP contribution is -2.13. The minimum atomic E-state index is -0.786. The van der Waals surface area contributed by atoms with E-state index in [4.69, 9.17) is 14.4 Å². The first-order chi connectivity index (χ1) is 9.26. The number of nitrogens with zero attached hydrogens (tertiary/aromatic N) is 1. The van der Waals surface area contributed by atoms with Crippen molar-refractivity contribution in [3.8, 4) is 11.8 Å². The SMILES string of the molecule is COc1cccc(C#N)c1NCC(O)c1ccco1. The van der Waals surface area contributed by atoms with Crippen LogP contribution in [0, 0.1) is 11.3 Å². The maximum atomic E-state index is 9.92. The van der Waals surface area contributed by atoms with E-state index in [2.05, 4.69) is 11.4 Å².